The fraction of sp³-hybridized carbons (Fsp3) is 0.0426. The first-order valence-electron chi connectivity index (χ1n) is 17.5. The zero-order valence-electron chi connectivity index (χ0n) is 27.4. The van der Waals surface area contributed by atoms with E-state index in [2.05, 4.69) is 162 Å². The predicted molar refractivity (Wildman–Crippen MR) is 208 cm³/mol. The highest BCUT2D eigenvalue weighted by Crippen LogP contribution is 2.56. The molecule has 3 nitrogen and oxygen atoms in total. The Kier molecular flexibility index (Phi) is 4.96. The average molecular weight is 636 g/mol. The third-order valence-electron chi connectivity index (χ3n) is 11.4. The number of rotatable bonds is 2. The number of pyridine rings is 1. The van der Waals surface area contributed by atoms with Crippen LogP contribution in [0.5, 0.6) is 0 Å². The molecule has 2 aliphatic rings. The molecular formula is C47H29N3. The van der Waals surface area contributed by atoms with E-state index < -0.39 is 0 Å². The van der Waals surface area contributed by atoms with Gasteiger partial charge in [0.2, 0.25) is 0 Å². The molecule has 0 N–H and O–H groups in total. The summed E-state index contributed by atoms with van der Waals surface area (Å²) in [6.45, 7) is 2.27. The lowest BCUT2D eigenvalue weighted by Gasteiger charge is -2.19. The summed E-state index contributed by atoms with van der Waals surface area (Å²) in [6, 6.07) is 53.5. The zero-order chi connectivity index (χ0) is 32.7. The summed E-state index contributed by atoms with van der Waals surface area (Å²) in [5, 5.41) is 6.34. The summed E-state index contributed by atoms with van der Waals surface area (Å²) in [5.74, 6) is 0. The van der Waals surface area contributed by atoms with E-state index in [0.717, 1.165) is 28.9 Å². The first-order chi connectivity index (χ1) is 24.8. The number of nitrogens with zero attached hydrogens (tertiary/aromatic N) is 3. The Morgan fingerprint density at radius 1 is 0.520 bits per heavy atom. The van der Waals surface area contributed by atoms with Crippen molar-refractivity contribution in [2.45, 2.75) is 13.3 Å². The first kappa shape index (κ1) is 26.5. The van der Waals surface area contributed by atoms with Gasteiger partial charge >= 0.3 is 0 Å². The standard InChI is InChI=1S/C47H29N3/c1-27-31-16-5-8-21-36(31)48-45(28-13-3-2-4-14-28)46(27)50-38-23-10-7-18-34(38)43-40(50)26-30-25-29-15-11-24-39-41(29)42(30)44(43)35-20-12-19-33-32-17-6-9-22-37(32)49(39)47(33)35/h2-24,26H,25H2,1H3. The predicted octanol–water partition coefficient (Wildman–Crippen LogP) is 12.0. The Morgan fingerprint density at radius 3 is 2.08 bits per heavy atom. The van der Waals surface area contributed by atoms with Gasteiger partial charge < -0.3 is 9.13 Å². The third kappa shape index (κ3) is 3.18. The van der Waals surface area contributed by atoms with E-state index in [1.165, 1.54) is 93.6 Å². The monoisotopic (exact) mass is 635 g/mol. The number of hydrogen-bond acceptors (Lipinski definition) is 1. The number of aromatic nitrogens is 3. The maximum Gasteiger partial charge on any atom is 0.0952 e. The van der Waals surface area contributed by atoms with E-state index in [1.54, 1.807) is 0 Å². The second-order valence-corrected chi connectivity index (χ2v) is 13.9. The highest BCUT2D eigenvalue weighted by atomic mass is 15.0. The molecule has 0 bridgehead atoms. The molecule has 1 aliphatic heterocycles. The lowest BCUT2D eigenvalue weighted by molar-refractivity contribution is 1.13. The molecule has 0 saturated heterocycles. The van der Waals surface area contributed by atoms with Crippen LogP contribution in [0, 0.1) is 6.92 Å². The third-order valence-corrected chi connectivity index (χ3v) is 11.4. The van der Waals surface area contributed by atoms with Gasteiger partial charge in [-0.2, -0.15) is 0 Å². The molecule has 3 aromatic heterocycles. The molecule has 0 radical (unpaired) electrons. The summed E-state index contributed by atoms with van der Waals surface area (Å²) in [4.78, 5) is 5.41. The van der Waals surface area contributed by atoms with Crippen molar-refractivity contribution in [3.63, 3.8) is 0 Å². The van der Waals surface area contributed by atoms with Crippen LogP contribution in [0.1, 0.15) is 16.7 Å². The summed E-state index contributed by atoms with van der Waals surface area (Å²) in [5.41, 5.74) is 20.0. The van der Waals surface area contributed by atoms with E-state index in [9.17, 15) is 0 Å². The molecule has 232 valence electrons. The Balaban J connectivity index is 1.33. The van der Waals surface area contributed by atoms with Crippen molar-refractivity contribution in [3.05, 3.63) is 162 Å². The lowest BCUT2D eigenvalue weighted by Crippen LogP contribution is -2.04. The van der Waals surface area contributed by atoms with Crippen LogP contribution in [-0.2, 0) is 6.42 Å². The molecule has 1 aliphatic carbocycles. The van der Waals surface area contributed by atoms with Crippen molar-refractivity contribution in [2.24, 2.45) is 0 Å². The van der Waals surface area contributed by atoms with Crippen LogP contribution in [0.15, 0.2) is 146 Å². The van der Waals surface area contributed by atoms with Crippen LogP contribution in [0.2, 0.25) is 0 Å². The highest BCUT2D eigenvalue weighted by molar-refractivity contribution is 6.25. The second-order valence-electron chi connectivity index (χ2n) is 13.9. The van der Waals surface area contributed by atoms with Crippen LogP contribution < -0.4 is 0 Å². The van der Waals surface area contributed by atoms with Gasteiger partial charge in [-0.05, 0) is 65.9 Å². The van der Waals surface area contributed by atoms with Crippen molar-refractivity contribution in [1.82, 2.24) is 14.1 Å². The summed E-state index contributed by atoms with van der Waals surface area (Å²) < 4.78 is 5.08. The molecule has 0 fully saturated rings. The number of hydrogen-bond donors (Lipinski definition) is 0. The zero-order valence-corrected chi connectivity index (χ0v) is 27.4. The SMILES string of the molecule is Cc1c(-n2c3ccccc3c3c4c5c(cc32)Cc2cccc(c2-5)-n2c3ccccc3c3cccc-4c32)c(-c2ccccc2)nc2ccccc12. The number of aryl methyl sites for hydroxylation is 1. The molecule has 0 unspecified atom stereocenters. The van der Waals surface area contributed by atoms with Crippen molar-refractivity contribution in [1.29, 1.82) is 0 Å². The summed E-state index contributed by atoms with van der Waals surface area (Å²) >= 11 is 0. The highest BCUT2D eigenvalue weighted by Gasteiger charge is 2.34. The fourth-order valence-electron chi connectivity index (χ4n) is 9.44. The molecule has 0 saturated carbocycles. The Labute approximate surface area is 288 Å². The number of benzene rings is 7. The maximum absolute atomic E-state index is 5.41. The van der Waals surface area contributed by atoms with Gasteiger partial charge in [0.1, 0.15) is 0 Å². The Bertz CT molecular complexity index is 3120. The maximum atomic E-state index is 5.41. The second kappa shape index (κ2) is 9.37. The largest absolute Gasteiger partial charge is 0.308 e. The number of para-hydroxylation sites is 4. The lowest BCUT2D eigenvalue weighted by atomic mass is 9.89. The molecule has 3 heteroatoms. The molecule has 12 rings (SSSR count). The van der Waals surface area contributed by atoms with Crippen molar-refractivity contribution >= 4 is 54.5 Å². The molecule has 0 spiro atoms. The molecule has 0 atom stereocenters. The topological polar surface area (TPSA) is 22.8 Å². The van der Waals surface area contributed by atoms with E-state index in [1.807, 2.05) is 0 Å². The van der Waals surface area contributed by atoms with E-state index in [4.69, 9.17) is 4.98 Å². The van der Waals surface area contributed by atoms with Gasteiger partial charge in [-0.25, -0.2) is 4.98 Å². The molecule has 50 heavy (non-hydrogen) atoms. The van der Waals surface area contributed by atoms with Crippen LogP contribution in [-0.4, -0.2) is 14.1 Å². The van der Waals surface area contributed by atoms with Crippen LogP contribution in [0.25, 0.3) is 99.4 Å². The van der Waals surface area contributed by atoms with Crippen molar-refractivity contribution < 1.29 is 0 Å². The summed E-state index contributed by atoms with van der Waals surface area (Å²) in [7, 11) is 0. The van der Waals surface area contributed by atoms with Gasteiger partial charge in [-0.1, -0.05) is 115 Å². The van der Waals surface area contributed by atoms with Gasteiger partial charge in [0.25, 0.3) is 0 Å². The van der Waals surface area contributed by atoms with Crippen LogP contribution in [0.4, 0.5) is 0 Å². The van der Waals surface area contributed by atoms with E-state index in [-0.39, 0.29) is 0 Å². The average Bonchev–Trinajstić information content (AvgIpc) is 3.79. The first-order valence-corrected chi connectivity index (χ1v) is 17.5. The van der Waals surface area contributed by atoms with Crippen molar-refractivity contribution in [2.75, 3.05) is 0 Å². The Hall–Kier alpha value is -6.45. The van der Waals surface area contributed by atoms with Gasteiger partial charge in [0.05, 0.1) is 44.7 Å². The summed E-state index contributed by atoms with van der Waals surface area (Å²) in [6.07, 6.45) is 0.911. The molecule has 10 aromatic rings. The van der Waals surface area contributed by atoms with Gasteiger partial charge in [0, 0.05) is 49.2 Å². The Morgan fingerprint density at radius 2 is 1.22 bits per heavy atom. The van der Waals surface area contributed by atoms with E-state index in [0.29, 0.717) is 0 Å². The minimum atomic E-state index is 0.911. The fourth-order valence-corrected chi connectivity index (χ4v) is 9.44. The van der Waals surface area contributed by atoms with Gasteiger partial charge in [-0.15, -0.1) is 0 Å². The van der Waals surface area contributed by atoms with E-state index >= 15 is 0 Å². The van der Waals surface area contributed by atoms with Crippen molar-refractivity contribution in [3.8, 4) is 44.9 Å². The minimum absolute atomic E-state index is 0.911. The minimum Gasteiger partial charge on any atom is -0.308 e. The van der Waals surface area contributed by atoms with Crippen LogP contribution >= 0.6 is 0 Å². The smallest absolute Gasteiger partial charge is 0.0952 e. The van der Waals surface area contributed by atoms with Crippen LogP contribution in [0.3, 0.4) is 0 Å². The quantitative estimate of drug-likeness (QED) is 0.185. The number of fused-ring (bicyclic) bond motifs is 10. The molecule has 7 aromatic carbocycles. The molecule has 4 heterocycles. The molecular weight excluding hydrogens is 607 g/mol. The normalized spacial score (nSPS) is 12.8. The van der Waals surface area contributed by atoms with Gasteiger partial charge in [-0.3, -0.25) is 0 Å². The molecule has 0 amide bonds. The van der Waals surface area contributed by atoms with Gasteiger partial charge in [0.15, 0.2) is 0 Å².